The van der Waals surface area contributed by atoms with Crippen LogP contribution in [-0.4, -0.2) is 35.4 Å². The first-order chi connectivity index (χ1) is 12.3. The second kappa shape index (κ2) is 8.49. The van der Waals surface area contributed by atoms with Crippen LogP contribution in [0.1, 0.15) is 18.1 Å². The standard InChI is InChI=1S/C21H25N3O/c1-2-24(15-17-8-4-3-5-9-17)16-21(25)22-13-12-18-14-23-20-11-7-6-10-19(18)20/h3-11,14,23H,2,12-13,15-16H2,1H3,(H,22,25). The molecule has 0 saturated carbocycles. The average Bonchev–Trinajstić information content (AvgIpc) is 3.05. The number of H-pyrrole nitrogens is 1. The van der Waals surface area contributed by atoms with Gasteiger partial charge >= 0.3 is 0 Å². The van der Waals surface area contributed by atoms with Gasteiger partial charge in [-0.2, -0.15) is 0 Å². The molecule has 4 heteroatoms. The molecule has 0 fully saturated rings. The summed E-state index contributed by atoms with van der Waals surface area (Å²) in [5, 5.41) is 4.27. The zero-order valence-electron chi connectivity index (χ0n) is 14.7. The normalized spacial score (nSPS) is 11.1. The van der Waals surface area contributed by atoms with Crippen LogP contribution in [0, 0.1) is 0 Å². The maximum Gasteiger partial charge on any atom is 0.234 e. The van der Waals surface area contributed by atoms with E-state index in [4.69, 9.17) is 0 Å². The fourth-order valence-corrected chi connectivity index (χ4v) is 3.06. The Bertz CT molecular complexity index is 810. The zero-order valence-corrected chi connectivity index (χ0v) is 14.7. The number of carbonyl (C=O) groups is 1. The summed E-state index contributed by atoms with van der Waals surface area (Å²) in [5.74, 6) is 0.0811. The van der Waals surface area contributed by atoms with Crippen molar-refractivity contribution in [3.05, 3.63) is 71.9 Å². The summed E-state index contributed by atoms with van der Waals surface area (Å²) in [5.41, 5.74) is 3.62. The summed E-state index contributed by atoms with van der Waals surface area (Å²) >= 11 is 0. The number of nitrogens with zero attached hydrogens (tertiary/aromatic N) is 1. The number of para-hydroxylation sites is 1. The molecule has 0 spiro atoms. The van der Waals surface area contributed by atoms with Gasteiger partial charge in [-0.25, -0.2) is 0 Å². The van der Waals surface area contributed by atoms with Crippen LogP contribution in [0.5, 0.6) is 0 Å². The molecule has 3 aromatic rings. The number of aromatic amines is 1. The molecule has 0 bridgehead atoms. The van der Waals surface area contributed by atoms with Crippen LogP contribution in [0.15, 0.2) is 60.8 Å². The van der Waals surface area contributed by atoms with Crippen molar-refractivity contribution in [3.8, 4) is 0 Å². The van der Waals surface area contributed by atoms with E-state index in [0.29, 0.717) is 13.1 Å². The Hall–Kier alpha value is -2.59. The van der Waals surface area contributed by atoms with E-state index < -0.39 is 0 Å². The van der Waals surface area contributed by atoms with E-state index in [9.17, 15) is 4.79 Å². The number of hydrogen-bond donors (Lipinski definition) is 2. The zero-order chi connectivity index (χ0) is 17.5. The van der Waals surface area contributed by atoms with E-state index in [1.807, 2.05) is 36.5 Å². The van der Waals surface area contributed by atoms with Crippen LogP contribution in [0.3, 0.4) is 0 Å². The molecule has 0 aliphatic heterocycles. The summed E-state index contributed by atoms with van der Waals surface area (Å²) < 4.78 is 0. The van der Waals surface area contributed by atoms with Crippen LogP contribution < -0.4 is 5.32 Å². The van der Waals surface area contributed by atoms with E-state index in [2.05, 4.69) is 46.4 Å². The van der Waals surface area contributed by atoms with Gasteiger partial charge in [0.1, 0.15) is 0 Å². The molecule has 0 aliphatic carbocycles. The van der Waals surface area contributed by atoms with Crippen LogP contribution in [-0.2, 0) is 17.8 Å². The number of fused-ring (bicyclic) bond motifs is 1. The number of carbonyl (C=O) groups excluding carboxylic acids is 1. The first-order valence-electron chi connectivity index (χ1n) is 8.84. The maximum absolute atomic E-state index is 12.2. The van der Waals surface area contributed by atoms with Crippen LogP contribution in [0.25, 0.3) is 10.9 Å². The Morgan fingerprint density at radius 1 is 1.08 bits per heavy atom. The second-order valence-corrected chi connectivity index (χ2v) is 6.25. The van der Waals surface area contributed by atoms with Crippen molar-refractivity contribution >= 4 is 16.8 Å². The molecule has 3 rings (SSSR count). The molecular formula is C21H25N3O. The van der Waals surface area contributed by atoms with Gasteiger partial charge < -0.3 is 10.3 Å². The summed E-state index contributed by atoms with van der Waals surface area (Å²) in [6.07, 6.45) is 2.87. The number of hydrogen-bond acceptors (Lipinski definition) is 2. The molecule has 0 saturated heterocycles. The molecule has 130 valence electrons. The lowest BCUT2D eigenvalue weighted by Crippen LogP contribution is -2.37. The number of rotatable bonds is 8. The Morgan fingerprint density at radius 3 is 2.64 bits per heavy atom. The van der Waals surface area contributed by atoms with Gasteiger partial charge in [0.05, 0.1) is 6.54 Å². The minimum absolute atomic E-state index is 0.0811. The quantitative estimate of drug-likeness (QED) is 0.663. The number of aromatic nitrogens is 1. The van der Waals surface area contributed by atoms with E-state index in [-0.39, 0.29) is 5.91 Å². The van der Waals surface area contributed by atoms with Gasteiger partial charge in [0.15, 0.2) is 0 Å². The van der Waals surface area contributed by atoms with Gasteiger partial charge in [0.25, 0.3) is 0 Å². The largest absolute Gasteiger partial charge is 0.361 e. The monoisotopic (exact) mass is 335 g/mol. The second-order valence-electron chi connectivity index (χ2n) is 6.25. The Kier molecular flexibility index (Phi) is 5.86. The maximum atomic E-state index is 12.2. The lowest BCUT2D eigenvalue weighted by molar-refractivity contribution is -0.122. The van der Waals surface area contributed by atoms with Crippen molar-refractivity contribution in [3.63, 3.8) is 0 Å². The highest BCUT2D eigenvalue weighted by Crippen LogP contribution is 2.17. The van der Waals surface area contributed by atoms with Crippen molar-refractivity contribution in [2.45, 2.75) is 19.9 Å². The third-order valence-corrected chi connectivity index (χ3v) is 4.45. The fourth-order valence-electron chi connectivity index (χ4n) is 3.06. The van der Waals surface area contributed by atoms with Crippen LogP contribution in [0.2, 0.25) is 0 Å². The average molecular weight is 335 g/mol. The number of likely N-dealkylation sites (N-methyl/N-ethyl adjacent to an activating group) is 1. The SMILES string of the molecule is CCN(CC(=O)NCCc1c[nH]c2ccccc12)Cc1ccccc1. The minimum atomic E-state index is 0.0811. The first-order valence-corrected chi connectivity index (χ1v) is 8.84. The van der Waals surface area contributed by atoms with Crippen molar-refractivity contribution < 1.29 is 4.79 Å². The van der Waals surface area contributed by atoms with Crippen molar-refractivity contribution in [2.75, 3.05) is 19.6 Å². The Balaban J connectivity index is 1.47. The van der Waals surface area contributed by atoms with E-state index >= 15 is 0 Å². The molecule has 0 radical (unpaired) electrons. The molecule has 25 heavy (non-hydrogen) atoms. The predicted octanol–water partition coefficient (Wildman–Crippen LogP) is 3.35. The fraction of sp³-hybridized carbons (Fsp3) is 0.286. The van der Waals surface area contributed by atoms with Gasteiger partial charge in [-0.1, -0.05) is 55.5 Å². The molecule has 0 unspecified atom stereocenters. The Labute approximate surface area is 148 Å². The summed E-state index contributed by atoms with van der Waals surface area (Å²) in [4.78, 5) is 17.7. The molecule has 2 aromatic carbocycles. The minimum Gasteiger partial charge on any atom is -0.361 e. The summed E-state index contributed by atoms with van der Waals surface area (Å²) in [6, 6.07) is 18.5. The molecule has 2 N–H and O–H groups in total. The number of amides is 1. The van der Waals surface area contributed by atoms with Crippen LogP contribution in [0.4, 0.5) is 0 Å². The molecule has 0 aliphatic rings. The highest BCUT2D eigenvalue weighted by atomic mass is 16.2. The summed E-state index contributed by atoms with van der Waals surface area (Å²) in [7, 11) is 0. The van der Waals surface area contributed by atoms with Gasteiger partial charge in [0.2, 0.25) is 5.91 Å². The molecule has 1 aromatic heterocycles. The summed E-state index contributed by atoms with van der Waals surface area (Å²) in [6.45, 7) is 4.82. The van der Waals surface area contributed by atoms with Crippen molar-refractivity contribution in [2.24, 2.45) is 0 Å². The van der Waals surface area contributed by atoms with Gasteiger partial charge in [0, 0.05) is 30.2 Å². The van der Waals surface area contributed by atoms with E-state index in [1.54, 1.807) is 0 Å². The third kappa shape index (κ3) is 4.70. The van der Waals surface area contributed by atoms with E-state index in [1.165, 1.54) is 16.5 Å². The Morgan fingerprint density at radius 2 is 1.84 bits per heavy atom. The number of nitrogens with one attached hydrogen (secondary N) is 2. The molecule has 1 heterocycles. The van der Waals surface area contributed by atoms with Crippen molar-refractivity contribution in [1.29, 1.82) is 0 Å². The molecular weight excluding hydrogens is 310 g/mol. The van der Waals surface area contributed by atoms with Gasteiger partial charge in [-0.15, -0.1) is 0 Å². The topological polar surface area (TPSA) is 48.1 Å². The van der Waals surface area contributed by atoms with E-state index in [0.717, 1.165) is 25.0 Å². The highest BCUT2D eigenvalue weighted by molar-refractivity contribution is 5.83. The lowest BCUT2D eigenvalue weighted by atomic mass is 10.1. The third-order valence-electron chi connectivity index (χ3n) is 4.45. The predicted molar refractivity (Wildman–Crippen MR) is 102 cm³/mol. The van der Waals surface area contributed by atoms with Crippen molar-refractivity contribution in [1.82, 2.24) is 15.2 Å². The highest BCUT2D eigenvalue weighted by Gasteiger charge is 2.10. The lowest BCUT2D eigenvalue weighted by Gasteiger charge is -2.19. The van der Waals surface area contributed by atoms with Gasteiger partial charge in [-0.05, 0) is 30.2 Å². The molecule has 4 nitrogen and oxygen atoms in total. The smallest absolute Gasteiger partial charge is 0.234 e. The molecule has 0 atom stereocenters. The first kappa shape index (κ1) is 17.2. The van der Waals surface area contributed by atoms with Crippen LogP contribution >= 0.6 is 0 Å². The number of benzene rings is 2. The van der Waals surface area contributed by atoms with Gasteiger partial charge in [-0.3, -0.25) is 9.69 Å². The molecule has 1 amide bonds.